The number of aliphatic carboxylic acids is 1. The number of ether oxygens (including phenoxy) is 1. The fraction of sp³-hybridized carbons (Fsp3) is 0.130. The number of amides is 1. The van der Waals surface area contributed by atoms with E-state index in [0.717, 1.165) is 27.8 Å². The number of nitrogens with one attached hydrogen (secondary N) is 1. The van der Waals surface area contributed by atoms with Crippen LogP contribution >= 0.6 is 0 Å². The van der Waals surface area contributed by atoms with Gasteiger partial charge in [-0.3, -0.25) is 0 Å². The van der Waals surface area contributed by atoms with Crippen molar-refractivity contribution >= 4 is 12.1 Å². The van der Waals surface area contributed by atoms with Crippen LogP contribution in [-0.2, 0) is 16.0 Å². The second kappa shape index (κ2) is 7.56. The molecule has 1 aliphatic carbocycles. The summed E-state index contributed by atoms with van der Waals surface area (Å²) in [6.45, 7) is 0. The van der Waals surface area contributed by atoms with Crippen LogP contribution in [0.15, 0.2) is 78.9 Å². The van der Waals surface area contributed by atoms with Gasteiger partial charge in [0.05, 0.1) is 0 Å². The standard InChI is InChI=1S/C23H19NO4/c25-22(26)20(14-15-8-2-1-3-9-15)24-23(27)28-21-18-12-6-4-10-16(18)17-11-5-7-13-19(17)21/h1-13,20-21H,14H2,(H,24,27)(H,25,26). The van der Waals surface area contributed by atoms with Crippen molar-refractivity contribution in [2.24, 2.45) is 0 Å². The number of carbonyl (C=O) groups is 2. The molecule has 1 amide bonds. The average Bonchev–Trinajstić information content (AvgIpc) is 3.02. The van der Waals surface area contributed by atoms with Gasteiger partial charge in [0.2, 0.25) is 0 Å². The first kappa shape index (κ1) is 17.8. The van der Waals surface area contributed by atoms with E-state index in [0.29, 0.717) is 0 Å². The number of fused-ring (bicyclic) bond motifs is 3. The molecular weight excluding hydrogens is 354 g/mol. The molecule has 1 atom stereocenters. The normalized spacial score (nSPS) is 13.3. The molecule has 3 aromatic carbocycles. The molecule has 3 aromatic rings. The first-order chi connectivity index (χ1) is 13.6. The minimum absolute atomic E-state index is 0.184. The highest BCUT2D eigenvalue weighted by atomic mass is 16.6. The molecule has 140 valence electrons. The topological polar surface area (TPSA) is 75.6 Å². The maximum absolute atomic E-state index is 12.5. The number of benzene rings is 3. The summed E-state index contributed by atoms with van der Waals surface area (Å²) in [6, 6.07) is 23.6. The van der Waals surface area contributed by atoms with Gasteiger partial charge in [-0.05, 0) is 16.7 Å². The molecule has 5 heteroatoms. The zero-order valence-corrected chi connectivity index (χ0v) is 15.0. The van der Waals surface area contributed by atoms with Crippen LogP contribution in [0.4, 0.5) is 4.79 Å². The number of carboxylic acid groups (broad SMARTS) is 1. The van der Waals surface area contributed by atoms with Gasteiger partial charge in [0.15, 0.2) is 6.10 Å². The van der Waals surface area contributed by atoms with Gasteiger partial charge in [0, 0.05) is 17.5 Å². The SMILES string of the molecule is O=C(NC(Cc1ccccc1)C(=O)O)OC1c2ccccc2-c2ccccc21. The predicted molar refractivity (Wildman–Crippen MR) is 105 cm³/mol. The fourth-order valence-corrected chi connectivity index (χ4v) is 3.57. The van der Waals surface area contributed by atoms with E-state index in [-0.39, 0.29) is 6.42 Å². The minimum Gasteiger partial charge on any atom is -0.480 e. The van der Waals surface area contributed by atoms with Crippen LogP contribution in [0.5, 0.6) is 0 Å². The summed E-state index contributed by atoms with van der Waals surface area (Å²) >= 11 is 0. The van der Waals surface area contributed by atoms with E-state index in [1.165, 1.54) is 0 Å². The Bertz CT molecular complexity index is 970. The number of carbonyl (C=O) groups excluding carboxylic acids is 1. The quantitative estimate of drug-likeness (QED) is 0.704. The molecule has 28 heavy (non-hydrogen) atoms. The van der Waals surface area contributed by atoms with Crippen molar-refractivity contribution in [3.05, 3.63) is 95.6 Å². The Morgan fingerprint density at radius 1 is 0.857 bits per heavy atom. The molecule has 0 saturated carbocycles. The molecule has 5 nitrogen and oxygen atoms in total. The lowest BCUT2D eigenvalue weighted by atomic mass is 10.1. The van der Waals surface area contributed by atoms with Crippen LogP contribution in [-0.4, -0.2) is 23.2 Å². The molecule has 0 heterocycles. The third-order valence-electron chi connectivity index (χ3n) is 4.87. The van der Waals surface area contributed by atoms with Crippen molar-refractivity contribution in [3.8, 4) is 11.1 Å². The first-order valence-electron chi connectivity index (χ1n) is 9.05. The van der Waals surface area contributed by atoms with Gasteiger partial charge in [-0.25, -0.2) is 9.59 Å². The van der Waals surface area contributed by atoms with Crippen LogP contribution in [0, 0.1) is 0 Å². The van der Waals surface area contributed by atoms with Gasteiger partial charge in [-0.2, -0.15) is 0 Å². The maximum atomic E-state index is 12.5. The fourth-order valence-electron chi connectivity index (χ4n) is 3.57. The van der Waals surface area contributed by atoms with E-state index in [2.05, 4.69) is 5.32 Å². The van der Waals surface area contributed by atoms with Gasteiger partial charge < -0.3 is 15.2 Å². The first-order valence-corrected chi connectivity index (χ1v) is 9.05. The zero-order valence-electron chi connectivity index (χ0n) is 15.0. The molecule has 1 aliphatic rings. The van der Waals surface area contributed by atoms with Gasteiger partial charge in [0.25, 0.3) is 0 Å². The summed E-state index contributed by atoms with van der Waals surface area (Å²) in [7, 11) is 0. The van der Waals surface area contributed by atoms with Crippen LogP contribution in [0.25, 0.3) is 11.1 Å². The van der Waals surface area contributed by atoms with Gasteiger partial charge in [-0.15, -0.1) is 0 Å². The lowest BCUT2D eigenvalue weighted by molar-refractivity contribution is -0.139. The summed E-state index contributed by atoms with van der Waals surface area (Å²) in [5.74, 6) is -1.10. The minimum atomic E-state index is -1.10. The summed E-state index contributed by atoms with van der Waals surface area (Å²) in [4.78, 5) is 24.1. The molecular formula is C23H19NO4. The van der Waals surface area contributed by atoms with Crippen molar-refractivity contribution in [1.29, 1.82) is 0 Å². The Labute approximate surface area is 162 Å². The number of hydrogen-bond acceptors (Lipinski definition) is 3. The smallest absolute Gasteiger partial charge is 0.408 e. The van der Waals surface area contributed by atoms with E-state index in [1.807, 2.05) is 78.9 Å². The molecule has 0 aromatic heterocycles. The number of alkyl carbamates (subject to hydrolysis) is 1. The molecule has 0 bridgehead atoms. The summed E-state index contributed by atoms with van der Waals surface area (Å²) in [5, 5.41) is 12.0. The highest BCUT2D eigenvalue weighted by molar-refractivity contribution is 5.82. The van der Waals surface area contributed by atoms with Gasteiger partial charge in [0.1, 0.15) is 6.04 Å². The van der Waals surface area contributed by atoms with E-state index in [9.17, 15) is 14.7 Å². The number of rotatable bonds is 5. The van der Waals surface area contributed by atoms with E-state index >= 15 is 0 Å². The average molecular weight is 373 g/mol. The zero-order chi connectivity index (χ0) is 19.5. The lowest BCUT2D eigenvalue weighted by Gasteiger charge is -2.19. The van der Waals surface area contributed by atoms with E-state index < -0.39 is 24.2 Å². The van der Waals surface area contributed by atoms with Gasteiger partial charge in [-0.1, -0.05) is 78.9 Å². The largest absolute Gasteiger partial charge is 0.480 e. The Morgan fingerprint density at radius 2 is 1.39 bits per heavy atom. The monoisotopic (exact) mass is 373 g/mol. The summed E-state index contributed by atoms with van der Waals surface area (Å²) < 4.78 is 5.67. The third kappa shape index (κ3) is 3.47. The van der Waals surface area contributed by atoms with Crippen LogP contribution in [0.1, 0.15) is 22.8 Å². The van der Waals surface area contributed by atoms with Crippen LogP contribution < -0.4 is 5.32 Å². The molecule has 0 saturated heterocycles. The second-order valence-electron chi connectivity index (χ2n) is 6.68. The highest BCUT2D eigenvalue weighted by Crippen LogP contribution is 2.44. The second-order valence-corrected chi connectivity index (χ2v) is 6.68. The number of carboxylic acids is 1. The molecule has 4 rings (SSSR count). The number of hydrogen-bond donors (Lipinski definition) is 2. The van der Waals surface area contributed by atoms with Crippen LogP contribution in [0.3, 0.4) is 0 Å². The van der Waals surface area contributed by atoms with Crippen LogP contribution in [0.2, 0.25) is 0 Å². The van der Waals surface area contributed by atoms with Crippen molar-refractivity contribution < 1.29 is 19.4 Å². The molecule has 0 radical (unpaired) electrons. The molecule has 0 spiro atoms. The highest BCUT2D eigenvalue weighted by Gasteiger charge is 2.32. The van der Waals surface area contributed by atoms with Crippen molar-refractivity contribution in [2.45, 2.75) is 18.6 Å². The summed E-state index contributed by atoms with van der Waals surface area (Å²) in [6.07, 6.45) is -1.12. The Balaban J connectivity index is 1.52. The van der Waals surface area contributed by atoms with Crippen molar-refractivity contribution in [3.63, 3.8) is 0 Å². The third-order valence-corrected chi connectivity index (χ3v) is 4.87. The lowest BCUT2D eigenvalue weighted by Crippen LogP contribution is -2.42. The molecule has 1 unspecified atom stereocenters. The molecule has 0 fully saturated rings. The molecule has 0 aliphatic heterocycles. The van der Waals surface area contributed by atoms with Crippen molar-refractivity contribution in [1.82, 2.24) is 5.32 Å². The van der Waals surface area contributed by atoms with Crippen molar-refractivity contribution in [2.75, 3.05) is 0 Å². The Hall–Kier alpha value is -3.60. The van der Waals surface area contributed by atoms with E-state index in [1.54, 1.807) is 0 Å². The summed E-state index contributed by atoms with van der Waals surface area (Å²) in [5.41, 5.74) is 4.67. The molecule has 2 N–H and O–H groups in total. The predicted octanol–water partition coefficient (Wildman–Crippen LogP) is 4.18. The Morgan fingerprint density at radius 3 is 1.96 bits per heavy atom. The van der Waals surface area contributed by atoms with Gasteiger partial charge >= 0.3 is 12.1 Å². The van der Waals surface area contributed by atoms with E-state index in [4.69, 9.17) is 4.74 Å². The maximum Gasteiger partial charge on any atom is 0.408 e. The Kier molecular flexibility index (Phi) is 4.81.